The number of aromatic nitrogens is 1. The lowest BCUT2D eigenvalue weighted by atomic mass is 9.95. The van der Waals surface area contributed by atoms with Gasteiger partial charge >= 0.3 is 0 Å². The van der Waals surface area contributed by atoms with Crippen molar-refractivity contribution in [2.45, 2.75) is 25.7 Å². The third-order valence-corrected chi connectivity index (χ3v) is 3.64. The van der Waals surface area contributed by atoms with Crippen LogP contribution in [0.2, 0.25) is 0 Å². The molecule has 2 rings (SSSR count). The van der Waals surface area contributed by atoms with E-state index < -0.39 is 0 Å². The molecule has 1 amide bonds. The molecule has 1 heterocycles. The molecule has 1 aliphatic rings. The quantitative estimate of drug-likeness (QED) is 0.748. The van der Waals surface area contributed by atoms with Crippen LogP contribution >= 0.6 is 0 Å². The maximum absolute atomic E-state index is 12.0. The molecule has 0 atom stereocenters. The fraction of sp³-hybridized carbons (Fsp3) is 0.600. The Kier molecular flexibility index (Phi) is 5.95. The van der Waals surface area contributed by atoms with Crippen LogP contribution in [-0.4, -0.2) is 58.9 Å². The van der Waals surface area contributed by atoms with Crippen LogP contribution in [0.1, 0.15) is 24.1 Å². The van der Waals surface area contributed by atoms with Gasteiger partial charge in [0.15, 0.2) is 6.61 Å². The molecule has 0 radical (unpaired) electrons. The molecular weight excluding hydrogens is 272 g/mol. The molecule has 0 fully saturated rings. The van der Waals surface area contributed by atoms with Gasteiger partial charge in [0.25, 0.3) is 5.91 Å². The van der Waals surface area contributed by atoms with Gasteiger partial charge in [0.2, 0.25) is 0 Å². The molecule has 2 N–H and O–H groups in total. The van der Waals surface area contributed by atoms with Gasteiger partial charge in [0.1, 0.15) is 5.75 Å². The van der Waals surface area contributed by atoms with Crippen LogP contribution in [0.25, 0.3) is 0 Å². The second kappa shape index (κ2) is 7.95. The number of fused-ring (bicyclic) bond motifs is 1. The Hall–Kier alpha value is -1.66. The molecule has 1 aromatic rings. The lowest BCUT2D eigenvalue weighted by molar-refractivity contribution is -0.134. The second-order valence-electron chi connectivity index (χ2n) is 5.06. The molecule has 0 aromatic carbocycles. The molecule has 0 bridgehead atoms. The van der Waals surface area contributed by atoms with Crippen molar-refractivity contribution in [2.24, 2.45) is 0 Å². The van der Waals surface area contributed by atoms with Gasteiger partial charge in [-0.1, -0.05) is 0 Å². The van der Waals surface area contributed by atoms with Gasteiger partial charge in [-0.15, -0.1) is 0 Å². The number of carbonyl (C=O) groups excluding carboxylic acids is 1. The zero-order valence-electron chi connectivity index (χ0n) is 12.1. The van der Waals surface area contributed by atoms with E-state index in [2.05, 4.69) is 4.98 Å². The van der Waals surface area contributed by atoms with Gasteiger partial charge in [-0.2, -0.15) is 0 Å². The maximum Gasteiger partial charge on any atom is 0.260 e. The van der Waals surface area contributed by atoms with E-state index >= 15 is 0 Å². The highest BCUT2D eigenvalue weighted by molar-refractivity contribution is 5.77. The number of nitrogens with zero attached hydrogens (tertiary/aromatic N) is 2. The van der Waals surface area contributed by atoms with Crippen molar-refractivity contribution in [3.63, 3.8) is 0 Å². The van der Waals surface area contributed by atoms with Crippen LogP contribution in [-0.2, 0) is 17.6 Å². The number of hydrogen-bond acceptors (Lipinski definition) is 5. The van der Waals surface area contributed by atoms with Crippen LogP contribution in [0.5, 0.6) is 5.75 Å². The van der Waals surface area contributed by atoms with E-state index in [0.29, 0.717) is 0 Å². The van der Waals surface area contributed by atoms with Crippen molar-refractivity contribution in [2.75, 3.05) is 32.9 Å². The van der Waals surface area contributed by atoms with Crippen LogP contribution < -0.4 is 4.74 Å². The first-order valence-electron chi connectivity index (χ1n) is 7.35. The standard InChI is InChI=1S/C15H22N2O4/c18-9-7-17(8-10-19)15(20)11-21-14-5-6-16-13-4-2-1-3-12(13)14/h5-6,18-19H,1-4,7-11H2. The summed E-state index contributed by atoms with van der Waals surface area (Å²) in [7, 11) is 0. The van der Waals surface area contributed by atoms with Crippen molar-refractivity contribution < 1.29 is 19.7 Å². The fourth-order valence-corrected chi connectivity index (χ4v) is 2.56. The van der Waals surface area contributed by atoms with Crippen molar-refractivity contribution in [3.8, 4) is 5.75 Å². The SMILES string of the molecule is O=C(COc1ccnc2c1CCCC2)N(CCO)CCO. The predicted octanol–water partition coefficient (Wildman–Crippen LogP) is 0.152. The molecule has 0 spiro atoms. The molecule has 1 aliphatic carbocycles. The zero-order valence-corrected chi connectivity index (χ0v) is 12.1. The van der Waals surface area contributed by atoms with E-state index in [0.717, 1.165) is 42.7 Å². The van der Waals surface area contributed by atoms with Crippen molar-refractivity contribution in [3.05, 3.63) is 23.5 Å². The Morgan fingerprint density at radius 1 is 1.24 bits per heavy atom. The maximum atomic E-state index is 12.0. The van der Waals surface area contributed by atoms with E-state index in [1.54, 1.807) is 12.3 Å². The fourth-order valence-electron chi connectivity index (χ4n) is 2.56. The Morgan fingerprint density at radius 3 is 2.67 bits per heavy atom. The number of aryl methyl sites for hydroxylation is 1. The number of aliphatic hydroxyl groups is 2. The molecule has 0 saturated carbocycles. The molecule has 0 aliphatic heterocycles. The van der Waals surface area contributed by atoms with Crippen LogP contribution in [0.4, 0.5) is 0 Å². The van der Waals surface area contributed by atoms with E-state index in [-0.39, 0.29) is 38.8 Å². The van der Waals surface area contributed by atoms with E-state index in [1.165, 1.54) is 4.90 Å². The number of aliphatic hydroxyl groups excluding tert-OH is 2. The number of rotatable bonds is 7. The average Bonchev–Trinajstić information content (AvgIpc) is 2.52. The van der Waals surface area contributed by atoms with Crippen molar-refractivity contribution in [1.82, 2.24) is 9.88 Å². The van der Waals surface area contributed by atoms with Crippen LogP contribution in [0.15, 0.2) is 12.3 Å². The predicted molar refractivity (Wildman–Crippen MR) is 77.1 cm³/mol. The molecule has 1 aromatic heterocycles. The highest BCUT2D eigenvalue weighted by Crippen LogP contribution is 2.27. The molecular formula is C15H22N2O4. The molecule has 6 nitrogen and oxygen atoms in total. The highest BCUT2D eigenvalue weighted by atomic mass is 16.5. The summed E-state index contributed by atoms with van der Waals surface area (Å²) in [5.74, 6) is 0.487. The molecule has 21 heavy (non-hydrogen) atoms. The summed E-state index contributed by atoms with van der Waals surface area (Å²) in [6.45, 7) is 0.0671. The summed E-state index contributed by atoms with van der Waals surface area (Å²) < 4.78 is 5.65. The average molecular weight is 294 g/mol. The van der Waals surface area contributed by atoms with Gasteiger partial charge in [0.05, 0.1) is 13.2 Å². The Balaban J connectivity index is 1.97. The normalized spacial score (nSPS) is 13.6. The van der Waals surface area contributed by atoms with Crippen LogP contribution in [0, 0.1) is 0 Å². The minimum absolute atomic E-state index is 0.0869. The number of hydrogen-bond donors (Lipinski definition) is 2. The molecule has 0 saturated heterocycles. The lowest BCUT2D eigenvalue weighted by Crippen LogP contribution is -2.39. The first-order valence-corrected chi connectivity index (χ1v) is 7.35. The van der Waals surface area contributed by atoms with Gasteiger partial charge in [-0.05, 0) is 31.7 Å². The minimum Gasteiger partial charge on any atom is -0.483 e. The molecule has 6 heteroatoms. The topological polar surface area (TPSA) is 82.9 Å². The highest BCUT2D eigenvalue weighted by Gasteiger charge is 2.17. The van der Waals surface area contributed by atoms with E-state index in [9.17, 15) is 4.79 Å². The first-order chi connectivity index (χ1) is 10.3. The monoisotopic (exact) mass is 294 g/mol. The van der Waals surface area contributed by atoms with Gasteiger partial charge in [-0.3, -0.25) is 9.78 Å². The Labute approximate surface area is 124 Å². The van der Waals surface area contributed by atoms with Crippen molar-refractivity contribution in [1.29, 1.82) is 0 Å². The summed E-state index contributed by atoms with van der Waals surface area (Å²) >= 11 is 0. The number of ether oxygens (including phenoxy) is 1. The van der Waals surface area contributed by atoms with Gasteiger partial charge in [-0.25, -0.2) is 0 Å². The first kappa shape index (κ1) is 15.7. The van der Waals surface area contributed by atoms with Gasteiger partial charge < -0.3 is 19.8 Å². The third-order valence-electron chi connectivity index (χ3n) is 3.64. The summed E-state index contributed by atoms with van der Waals surface area (Å²) in [6, 6.07) is 1.79. The van der Waals surface area contributed by atoms with E-state index in [1.807, 2.05) is 0 Å². The molecule has 116 valence electrons. The third kappa shape index (κ3) is 4.15. The van der Waals surface area contributed by atoms with Crippen molar-refractivity contribution >= 4 is 5.91 Å². The summed E-state index contributed by atoms with van der Waals surface area (Å²) in [6.07, 6.45) is 5.86. The zero-order chi connectivity index (χ0) is 15.1. The van der Waals surface area contributed by atoms with Gasteiger partial charge in [0, 0.05) is 30.5 Å². The second-order valence-corrected chi connectivity index (χ2v) is 5.06. The minimum atomic E-state index is -0.237. The summed E-state index contributed by atoms with van der Waals surface area (Å²) in [4.78, 5) is 17.8. The summed E-state index contributed by atoms with van der Waals surface area (Å²) in [5, 5.41) is 17.9. The van der Waals surface area contributed by atoms with Crippen LogP contribution in [0.3, 0.4) is 0 Å². The lowest BCUT2D eigenvalue weighted by Gasteiger charge is -2.22. The Bertz CT molecular complexity index is 473. The smallest absolute Gasteiger partial charge is 0.260 e. The molecule has 0 unspecified atom stereocenters. The Morgan fingerprint density at radius 2 is 1.95 bits per heavy atom. The van der Waals surface area contributed by atoms with E-state index in [4.69, 9.17) is 14.9 Å². The largest absolute Gasteiger partial charge is 0.483 e. The number of pyridine rings is 1. The summed E-state index contributed by atoms with van der Waals surface area (Å²) in [5.41, 5.74) is 2.17. The number of carbonyl (C=O) groups is 1. The number of amides is 1.